The minimum absolute atomic E-state index is 0.0567. The summed E-state index contributed by atoms with van der Waals surface area (Å²) < 4.78 is 6.30. The van der Waals surface area contributed by atoms with Crippen molar-refractivity contribution in [2.24, 2.45) is 0 Å². The Bertz CT molecular complexity index is 981. The van der Waals surface area contributed by atoms with Gasteiger partial charge >= 0.3 is 0 Å². The number of likely N-dealkylation sites (tertiary alicyclic amines) is 1. The molecule has 0 saturated carbocycles. The molecule has 1 saturated heterocycles. The number of hydrogen-bond acceptors (Lipinski definition) is 4. The van der Waals surface area contributed by atoms with Gasteiger partial charge in [0.15, 0.2) is 5.69 Å². The van der Waals surface area contributed by atoms with Gasteiger partial charge in [-0.05, 0) is 37.8 Å². The van der Waals surface area contributed by atoms with Gasteiger partial charge in [-0.15, -0.1) is 0 Å². The van der Waals surface area contributed by atoms with Crippen molar-refractivity contribution >= 4 is 16.8 Å². The van der Waals surface area contributed by atoms with Gasteiger partial charge in [0.25, 0.3) is 5.91 Å². The van der Waals surface area contributed by atoms with Crippen LogP contribution in [0.1, 0.15) is 40.3 Å². The summed E-state index contributed by atoms with van der Waals surface area (Å²) in [5.41, 5.74) is 4.48. The maximum absolute atomic E-state index is 12.7. The summed E-state index contributed by atoms with van der Waals surface area (Å²) in [5.74, 6) is -0.0567. The fourth-order valence-corrected chi connectivity index (χ4v) is 4.37. The van der Waals surface area contributed by atoms with Crippen LogP contribution in [-0.4, -0.2) is 50.9 Å². The number of H-pyrrole nitrogens is 2. The van der Waals surface area contributed by atoms with Crippen molar-refractivity contribution in [1.29, 1.82) is 0 Å². The molecule has 0 unspecified atom stereocenters. The van der Waals surface area contributed by atoms with E-state index < -0.39 is 0 Å². The van der Waals surface area contributed by atoms with Gasteiger partial charge in [-0.25, -0.2) is 0 Å². The van der Waals surface area contributed by atoms with E-state index in [1.165, 1.54) is 22.2 Å². The van der Waals surface area contributed by atoms with E-state index in [-0.39, 0.29) is 11.5 Å². The van der Waals surface area contributed by atoms with E-state index in [1.807, 2.05) is 4.90 Å². The summed E-state index contributed by atoms with van der Waals surface area (Å²) >= 11 is 0. The topological polar surface area (TPSA) is 86.9 Å². The summed E-state index contributed by atoms with van der Waals surface area (Å²) in [4.78, 5) is 18.2. The molecule has 0 bridgehead atoms. The zero-order valence-corrected chi connectivity index (χ0v) is 14.7. The molecule has 1 aromatic carbocycles. The Balaban J connectivity index is 1.43. The number of amides is 1. The Hall–Kier alpha value is -2.67. The normalized spacial score (nSPS) is 19.0. The first-order valence-corrected chi connectivity index (χ1v) is 9.09. The van der Waals surface area contributed by atoms with E-state index >= 15 is 0 Å². The first-order chi connectivity index (χ1) is 12.7. The summed E-state index contributed by atoms with van der Waals surface area (Å²) in [6.45, 7) is 3.83. The highest BCUT2D eigenvalue weighted by Crippen LogP contribution is 2.43. The van der Waals surface area contributed by atoms with E-state index in [1.54, 1.807) is 6.92 Å². The lowest BCUT2D eigenvalue weighted by molar-refractivity contribution is -0.0957. The Morgan fingerprint density at radius 3 is 2.81 bits per heavy atom. The SMILES string of the molecule is Cc1n[nH]nc1C(=O)N1CCC2(CC1)OCCc1c2[nH]c2ccccc12. The lowest BCUT2D eigenvalue weighted by atomic mass is 9.83. The monoisotopic (exact) mass is 351 g/mol. The number of rotatable bonds is 1. The first-order valence-electron chi connectivity index (χ1n) is 9.09. The highest BCUT2D eigenvalue weighted by molar-refractivity contribution is 5.93. The zero-order valence-electron chi connectivity index (χ0n) is 14.7. The molecule has 0 aliphatic carbocycles. The molecule has 0 radical (unpaired) electrons. The molecule has 4 heterocycles. The van der Waals surface area contributed by atoms with Gasteiger partial charge < -0.3 is 14.6 Å². The number of ether oxygens (including phenoxy) is 1. The summed E-state index contributed by atoms with van der Waals surface area (Å²) in [5, 5.41) is 11.8. The Morgan fingerprint density at radius 1 is 1.23 bits per heavy atom. The van der Waals surface area contributed by atoms with Gasteiger partial charge in [-0.1, -0.05) is 18.2 Å². The van der Waals surface area contributed by atoms with E-state index in [4.69, 9.17) is 4.74 Å². The average molecular weight is 351 g/mol. The second kappa shape index (κ2) is 5.67. The van der Waals surface area contributed by atoms with Crippen molar-refractivity contribution < 1.29 is 9.53 Å². The van der Waals surface area contributed by atoms with Crippen LogP contribution in [0, 0.1) is 6.92 Å². The van der Waals surface area contributed by atoms with Crippen LogP contribution in [0.4, 0.5) is 0 Å². The van der Waals surface area contributed by atoms with Crippen molar-refractivity contribution in [1.82, 2.24) is 25.3 Å². The van der Waals surface area contributed by atoms with Crippen LogP contribution in [0.25, 0.3) is 10.9 Å². The molecule has 26 heavy (non-hydrogen) atoms. The molecule has 7 nitrogen and oxygen atoms in total. The Labute approximate surface area is 150 Å². The number of nitrogens with one attached hydrogen (secondary N) is 2. The lowest BCUT2D eigenvalue weighted by Gasteiger charge is -2.43. The number of hydrogen-bond donors (Lipinski definition) is 2. The van der Waals surface area contributed by atoms with Crippen molar-refractivity contribution in [2.75, 3.05) is 19.7 Å². The van der Waals surface area contributed by atoms with Gasteiger partial charge in [0.05, 0.1) is 18.0 Å². The van der Waals surface area contributed by atoms with Crippen LogP contribution < -0.4 is 0 Å². The molecule has 2 aromatic heterocycles. The number of nitrogens with zero attached hydrogens (tertiary/aromatic N) is 3. The molecule has 1 spiro atoms. The quantitative estimate of drug-likeness (QED) is 0.704. The number of para-hydroxylation sites is 1. The largest absolute Gasteiger partial charge is 0.368 e. The molecule has 134 valence electrons. The van der Waals surface area contributed by atoms with Crippen molar-refractivity contribution in [3.8, 4) is 0 Å². The van der Waals surface area contributed by atoms with Gasteiger partial charge in [0, 0.05) is 24.0 Å². The molecule has 2 N–H and O–H groups in total. The molecule has 3 aromatic rings. The maximum atomic E-state index is 12.7. The molecule has 0 atom stereocenters. The average Bonchev–Trinajstić information content (AvgIpc) is 3.27. The number of fused-ring (bicyclic) bond motifs is 4. The molecule has 1 fully saturated rings. The van der Waals surface area contributed by atoms with Crippen molar-refractivity contribution in [2.45, 2.75) is 31.8 Å². The summed E-state index contributed by atoms with van der Waals surface area (Å²) in [7, 11) is 0. The fourth-order valence-electron chi connectivity index (χ4n) is 4.37. The zero-order chi connectivity index (χ0) is 17.7. The summed E-state index contributed by atoms with van der Waals surface area (Å²) in [6, 6.07) is 8.43. The first kappa shape index (κ1) is 15.6. The predicted molar refractivity (Wildman–Crippen MR) is 95.9 cm³/mol. The molecule has 5 rings (SSSR count). The predicted octanol–water partition coefficient (Wildman–Crippen LogP) is 2.30. The number of carbonyl (C=O) groups is 1. The van der Waals surface area contributed by atoms with Crippen LogP contribution in [0.3, 0.4) is 0 Å². The van der Waals surface area contributed by atoms with Crippen LogP contribution >= 0.6 is 0 Å². The van der Waals surface area contributed by atoms with Gasteiger partial charge in [-0.2, -0.15) is 15.4 Å². The third-order valence-electron chi connectivity index (χ3n) is 5.78. The molecule has 2 aliphatic heterocycles. The lowest BCUT2D eigenvalue weighted by Crippen LogP contribution is -2.48. The van der Waals surface area contributed by atoms with Crippen LogP contribution in [0.15, 0.2) is 24.3 Å². The van der Waals surface area contributed by atoms with Crippen molar-refractivity contribution in [3.63, 3.8) is 0 Å². The minimum atomic E-state index is -0.317. The minimum Gasteiger partial charge on any atom is -0.368 e. The standard InChI is InChI=1S/C19H21N5O2/c1-12-16(22-23-21-12)18(25)24-9-7-19(8-10-24)17-14(6-11-26-19)13-4-2-3-5-15(13)20-17/h2-5,20H,6-11H2,1H3,(H,21,22,23). The van der Waals surface area contributed by atoms with Crippen LogP contribution in [0.5, 0.6) is 0 Å². The van der Waals surface area contributed by atoms with Crippen LogP contribution in [0.2, 0.25) is 0 Å². The number of aryl methyl sites for hydroxylation is 1. The molecule has 2 aliphatic rings. The second-order valence-corrected chi connectivity index (χ2v) is 7.17. The number of carbonyl (C=O) groups excluding carboxylic acids is 1. The highest BCUT2D eigenvalue weighted by atomic mass is 16.5. The number of aromatic amines is 2. The molecule has 7 heteroatoms. The highest BCUT2D eigenvalue weighted by Gasteiger charge is 2.43. The number of piperidine rings is 1. The van der Waals surface area contributed by atoms with Gasteiger partial charge in [0.2, 0.25) is 0 Å². The van der Waals surface area contributed by atoms with Gasteiger partial charge in [0.1, 0.15) is 5.60 Å². The third-order valence-corrected chi connectivity index (χ3v) is 5.78. The second-order valence-electron chi connectivity index (χ2n) is 7.17. The third kappa shape index (κ3) is 2.20. The van der Waals surface area contributed by atoms with Gasteiger partial charge in [-0.3, -0.25) is 4.79 Å². The van der Waals surface area contributed by atoms with E-state index in [0.29, 0.717) is 24.5 Å². The Morgan fingerprint density at radius 2 is 2.04 bits per heavy atom. The van der Waals surface area contributed by atoms with Crippen LogP contribution in [-0.2, 0) is 16.8 Å². The fraction of sp³-hybridized carbons (Fsp3) is 0.421. The van der Waals surface area contributed by atoms with E-state index in [0.717, 1.165) is 25.9 Å². The molecular formula is C19H21N5O2. The molecule has 1 amide bonds. The summed E-state index contributed by atoms with van der Waals surface area (Å²) in [6.07, 6.45) is 2.51. The number of benzene rings is 1. The number of aromatic nitrogens is 4. The van der Waals surface area contributed by atoms with E-state index in [9.17, 15) is 4.79 Å². The van der Waals surface area contributed by atoms with E-state index in [2.05, 4.69) is 44.7 Å². The Kier molecular flexibility index (Phi) is 3.40. The smallest absolute Gasteiger partial charge is 0.276 e. The van der Waals surface area contributed by atoms with Crippen molar-refractivity contribution in [3.05, 3.63) is 46.9 Å². The maximum Gasteiger partial charge on any atom is 0.276 e. The molecular weight excluding hydrogens is 330 g/mol.